The van der Waals surface area contributed by atoms with Gasteiger partial charge in [0, 0.05) is 10.8 Å². The van der Waals surface area contributed by atoms with E-state index in [0.29, 0.717) is 0 Å². The van der Waals surface area contributed by atoms with Crippen molar-refractivity contribution in [1.29, 1.82) is 0 Å². The topological polar surface area (TPSA) is 0 Å². The Kier molecular flexibility index (Phi) is 2.99. The Hall–Kier alpha value is -2.34. The lowest BCUT2D eigenvalue weighted by Crippen LogP contribution is -2.38. The third-order valence-electron chi connectivity index (χ3n) is 5.63. The zero-order chi connectivity index (χ0) is 16.1. The van der Waals surface area contributed by atoms with Gasteiger partial charge in [0.25, 0.3) is 0 Å². The molecule has 4 rings (SSSR count). The Bertz CT molecular complexity index is 806. The van der Waals surface area contributed by atoms with Gasteiger partial charge in [-0.25, -0.2) is 0 Å². The second kappa shape index (κ2) is 4.83. The zero-order valence-corrected chi connectivity index (χ0v) is 14.0. The molecular formula is C23H22. The first-order valence-electron chi connectivity index (χ1n) is 8.32. The second-order valence-electron chi connectivity index (χ2n) is 7.21. The van der Waals surface area contributed by atoms with E-state index >= 15 is 0 Å². The molecule has 0 heteroatoms. The molecule has 114 valence electrons. The Morgan fingerprint density at radius 3 is 1.35 bits per heavy atom. The molecule has 0 radical (unpaired) electrons. The lowest BCUT2D eigenvalue weighted by molar-refractivity contribution is 0.541. The average molecular weight is 298 g/mol. The third kappa shape index (κ3) is 1.84. The second-order valence-corrected chi connectivity index (χ2v) is 7.21. The van der Waals surface area contributed by atoms with Crippen LogP contribution in [0.3, 0.4) is 0 Å². The summed E-state index contributed by atoms with van der Waals surface area (Å²) < 4.78 is 0. The average Bonchev–Trinajstić information content (AvgIpc) is 2.61. The summed E-state index contributed by atoms with van der Waals surface area (Å²) in [5.74, 6) is 0. The van der Waals surface area contributed by atoms with E-state index in [0.717, 1.165) is 0 Å². The van der Waals surface area contributed by atoms with Crippen molar-refractivity contribution in [2.45, 2.75) is 31.6 Å². The molecule has 0 aliphatic heterocycles. The fourth-order valence-electron chi connectivity index (χ4n) is 4.30. The van der Waals surface area contributed by atoms with Crippen molar-refractivity contribution in [3.63, 3.8) is 0 Å². The van der Waals surface area contributed by atoms with Gasteiger partial charge in [0.1, 0.15) is 0 Å². The highest BCUT2D eigenvalue weighted by atomic mass is 14.5. The molecule has 0 saturated heterocycles. The van der Waals surface area contributed by atoms with Gasteiger partial charge in [-0.1, -0.05) is 92.7 Å². The van der Waals surface area contributed by atoms with Gasteiger partial charge >= 0.3 is 0 Å². The minimum Gasteiger partial charge on any atom is -0.0622 e. The summed E-state index contributed by atoms with van der Waals surface area (Å²) in [6, 6.07) is 28.8. The molecule has 3 aromatic carbocycles. The van der Waals surface area contributed by atoms with E-state index in [4.69, 9.17) is 0 Å². The first-order valence-corrected chi connectivity index (χ1v) is 8.32. The lowest BCUT2D eigenvalue weighted by atomic mass is 9.57. The van der Waals surface area contributed by atoms with E-state index < -0.39 is 0 Å². The fraction of sp³-hybridized carbons (Fsp3) is 0.217. The highest BCUT2D eigenvalue weighted by Crippen LogP contribution is 2.52. The van der Waals surface area contributed by atoms with Gasteiger partial charge in [0.15, 0.2) is 0 Å². The number of benzene rings is 3. The van der Waals surface area contributed by atoms with Gasteiger partial charge in [0.2, 0.25) is 0 Å². The minimum atomic E-state index is -0.107. The lowest BCUT2D eigenvalue weighted by Gasteiger charge is -2.45. The molecule has 0 unspecified atom stereocenters. The highest BCUT2D eigenvalue weighted by Gasteiger charge is 2.44. The zero-order valence-electron chi connectivity index (χ0n) is 14.0. The Morgan fingerprint density at radius 2 is 0.870 bits per heavy atom. The van der Waals surface area contributed by atoms with E-state index in [-0.39, 0.29) is 10.8 Å². The van der Waals surface area contributed by atoms with Crippen LogP contribution >= 0.6 is 0 Å². The normalized spacial score (nSPS) is 17.2. The SMILES string of the molecule is CC1(C)c2ccccc2C(C)(c2ccccc2)c2ccccc21. The molecule has 3 aromatic rings. The largest absolute Gasteiger partial charge is 0.0622 e. The van der Waals surface area contributed by atoms with Crippen molar-refractivity contribution < 1.29 is 0 Å². The van der Waals surface area contributed by atoms with Crippen molar-refractivity contribution in [3.8, 4) is 0 Å². The molecule has 0 atom stereocenters. The smallest absolute Gasteiger partial charge is 0.0429 e. The van der Waals surface area contributed by atoms with Crippen molar-refractivity contribution in [2.75, 3.05) is 0 Å². The molecular weight excluding hydrogens is 276 g/mol. The molecule has 1 aliphatic carbocycles. The number of rotatable bonds is 1. The predicted octanol–water partition coefficient (Wildman–Crippen LogP) is 5.68. The van der Waals surface area contributed by atoms with E-state index in [1.165, 1.54) is 27.8 Å². The molecule has 0 aromatic heterocycles. The molecule has 0 spiro atoms. The summed E-state index contributed by atoms with van der Waals surface area (Å²) in [7, 11) is 0. The van der Waals surface area contributed by atoms with Gasteiger partial charge in [0.05, 0.1) is 0 Å². The molecule has 0 saturated carbocycles. The van der Waals surface area contributed by atoms with E-state index in [2.05, 4.69) is 99.6 Å². The summed E-state index contributed by atoms with van der Waals surface area (Å²) in [6.07, 6.45) is 0. The van der Waals surface area contributed by atoms with Crippen LogP contribution in [-0.2, 0) is 10.8 Å². The third-order valence-corrected chi connectivity index (χ3v) is 5.63. The standard InChI is InChI=1S/C23H22/c1-22(2)18-13-7-9-15-20(18)23(3,17-11-5-4-6-12-17)21-16-10-8-14-19(21)22/h4-16H,1-3H3. The van der Waals surface area contributed by atoms with Crippen LogP contribution in [-0.4, -0.2) is 0 Å². The van der Waals surface area contributed by atoms with Crippen LogP contribution in [0, 0.1) is 0 Å². The van der Waals surface area contributed by atoms with Crippen LogP contribution in [0.15, 0.2) is 78.9 Å². The Balaban J connectivity index is 2.13. The highest BCUT2D eigenvalue weighted by molar-refractivity contribution is 5.63. The Morgan fingerprint density at radius 1 is 0.478 bits per heavy atom. The maximum atomic E-state index is 2.37. The number of hydrogen-bond donors (Lipinski definition) is 0. The first kappa shape index (κ1) is 14.3. The summed E-state index contributed by atoms with van der Waals surface area (Å²) in [6.45, 7) is 7.06. The van der Waals surface area contributed by atoms with Crippen LogP contribution in [0.2, 0.25) is 0 Å². The van der Waals surface area contributed by atoms with E-state index in [1.54, 1.807) is 0 Å². The van der Waals surface area contributed by atoms with Crippen LogP contribution in [0.5, 0.6) is 0 Å². The molecule has 1 aliphatic rings. The summed E-state index contributed by atoms with van der Waals surface area (Å²) in [4.78, 5) is 0. The van der Waals surface area contributed by atoms with Crippen LogP contribution in [0.4, 0.5) is 0 Å². The van der Waals surface area contributed by atoms with Gasteiger partial charge in [-0.2, -0.15) is 0 Å². The molecule has 23 heavy (non-hydrogen) atoms. The fourth-order valence-corrected chi connectivity index (χ4v) is 4.30. The van der Waals surface area contributed by atoms with Crippen LogP contribution in [0.1, 0.15) is 48.6 Å². The van der Waals surface area contributed by atoms with Gasteiger partial charge in [-0.3, -0.25) is 0 Å². The van der Waals surface area contributed by atoms with Gasteiger partial charge in [-0.15, -0.1) is 0 Å². The van der Waals surface area contributed by atoms with Crippen molar-refractivity contribution in [3.05, 3.63) is 107 Å². The van der Waals surface area contributed by atoms with Crippen LogP contribution in [0.25, 0.3) is 0 Å². The van der Waals surface area contributed by atoms with Crippen molar-refractivity contribution in [1.82, 2.24) is 0 Å². The molecule has 0 nitrogen and oxygen atoms in total. The first-order chi connectivity index (χ1) is 11.1. The summed E-state index contributed by atoms with van der Waals surface area (Å²) in [5, 5.41) is 0. The molecule has 0 heterocycles. The quantitative estimate of drug-likeness (QED) is 0.542. The summed E-state index contributed by atoms with van der Waals surface area (Å²) >= 11 is 0. The monoisotopic (exact) mass is 298 g/mol. The number of fused-ring (bicyclic) bond motifs is 2. The van der Waals surface area contributed by atoms with Crippen LogP contribution < -0.4 is 0 Å². The predicted molar refractivity (Wildman–Crippen MR) is 97.0 cm³/mol. The van der Waals surface area contributed by atoms with Gasteiger partial charge in [-0.05, 0) is 34.7 Å². The molecule has 0 fully saturated rings. The minimum absolute atomic E-state index is 0.0292. The maximum Gasteiger partial charge on any atom is 0.0429 e. The van der Waals surface area contributed by atoms with E-state index in [9.17, 15) is 0 Å². The Labute approximate surface area is 138 Å². The van der Waals surface area contributed by atoms with Crippen molar-refractivity contribution in [2.24, 2.45) is 0 Å². The van der Waals surface area contributed by atoms with Gasteiger partial charge < -0.3 is 0 Å². The molecule has 0 N–H and O–H groups in total. The summed E-state index contributed by atoms with van der Waals surface area (Å²) in [5.41, 5.74) is 7.00. The van der Waals surface area contributed by atoms with Crippen molar-refractivity contribution >= 4 is 0 Å². The molecule has 0 amide bonds. The molecule has 0 bridgehead atoms. The van der Waals surface area contributed by atoms with E-state index in [1.807, 2.05) is 0 Å². The number of hydrogen-bond acceptors (Lipinski definition) is 0. The maximum absolute atomic E-state index is 2.37.